The lowest BCUT2D eigenvalue weighted by Crippen LogP contribution is -2.12. The Hall–Kier alpha value is -2.63. The number of carbonyl (C=O) groups is 2. The van der Waals surface area contributed by atoms with Crippen molar-refractivity contribution >= 4 is 17.6 Å². The predicted octanol–water partition coefficient (Wildman–Crippen LogP) is 2.30. The van der Waals surface area contributed by atoms with E-state index in [0.29, 0.717) is 18.5 Å². The first-order valence-corrected chi connectivity index (χ1v) is 6.61. The van der Waals surface area contributed by atoms with Gasteiger partial charge in [0.2, 0.25) is 5.91 Å². The van der Waals surface area contributed by atoms with Gasteiger partial charge in [-0.05, 0) is 50.1 Å². The number of aromatic amines is 1. The molecule has 0 unspecified atom stereocenters. The maximum atomic E-state index is 11.9. The second-order valence-electron chi connectivity index (χ2n) is 4.84. The lowest BCUT2D eigenvalue weighted by molar-refractivity contribution is -0.116. The van der Waals surface area contributed by atoms with Crippen LogP contribution in [0.1, 0.15) is 33.7 Å². The molecule has 0 saturated carbocycles. The summed E-state index contributed by atoms with van der Waals surface area (Å²) < 4.78 is 0. The first-order chi connectivity index (χ1) is 9.97. The van der Waals surface area contributed by atoms with Crippen LogP contribution < -0.4 is 5.32 Å². The maximum absolute atomic E-state index is 11.9. The molecular weight excluding hydrogens is 270 g/mol. The zero-order valence-corrected chi connectivity index (χ0v) is 11.9. The fourth-order valence-electron chi connectivity index (χ4n) is 2.10. The van der Waals surface area contributed by atoms with Crippen LogP contribution in [0, 0.1) is 13.8 Å². The van der Waals surface area contributed by atoms with Crippen molar-refractivity contribution in [3.8, 4) is 0 Å². The van der Waals surface area contributed by atoms with Gasteiger partial charge in [-0.15, -0.1) is 0 Å². The van der Waals surface area contributed by atoms with Gasteiger partial charge in [0, 0.05) is 17.8 Å². The molecular formula is C15H17N3O3. The molecule has 0 aliphatic rings. The molecule has 21 heavy (non-hydrogen) atoms. The maximum Gasteiger partial charge on any atom is 0.335 e. The van der Waals surface area contributed by atoms with E-state index in [4.69, 9.17) is 5.11 Å². The molecule has 6 heteroatoms. The van der Waals surface area contributed by atoms with Crippen molar-refractivity contribution in [1.29, 1.82) is 0 Å². The van der Waals surface area contributed by atoms with Gasteiger partial charge in [-0.1, -0.05) is 0 Å². The third kappa shape index (κ3) is 3.68. The van der Waals surface area contributed by atoms with Gasteiger partial charge in [-0.25, -0.2) is 4.79 Å². The Bertz CT molecular complexity index is 640. The molecule has 0 fully saturated rings. The van der Waals surface area contributed by atoms with Gasteiger partial charge in [0.05, 0.1) is 11.3 Å². The highest BCUT2D eigenvalue weighted by Gasteiger charge is 2.10. The summed E-state index contributed by atoms with van der Waals surface area (Å²) in [6.45, 7) is 3.83. The van der Waals surface area contributed by atoms with E-state index >= 15 is 0 Å². The number of anilines is 1. The fraction of sp³-hybridized carbons (Fsp3) is 0.267. The third-order valence-corrected chi connectivity index (χ3v) is 3.30. The monoisotopic (exact) mass is 287 g/mol. The smallest absolute Gasteiger partial charge is 0.335 e. The summed E-state index contributed by atoms with van der Waals surface area (Å²) in [5.74, 6) is -1.10. The Morgan fingerprint density at radius 1 is 1.24 bits per heavy atom. The number of carboxylic acid groups (broad SMARTS) is 1. The highest BCUT2D eigenvalue weighted by molar-refractivity contribution is 5.92. The molecule has 1 aromatic carbocycles. The second-order valence-corrected chi connectivity index (χ2v) is 4.84. The minimum atomic E-state index is -0.987. The van der Waals surface area contributed by atoms with Crippen LogP contribution >= 0.6 is 0 Å². The summed E-state index contributed by atoms with van der Waals surface area (Å²) in [4.78, 5) is 22.6. The van der Waals surface area contributed by atoms with Gasteiger partial charge in [-0.2, -0.15) is 5.10 Å². The van der Waals surface area contributed by atoms with Gasteiger partial charge in [0.25, 0.3) is 0 Å². The fourth-order valence-corrected chi connectivity index (χ4v) is 2.10. The van der Waals surface area contributed by atoms with Crippen molar-refractivity contribution in [3.05, 3.63) is 46.8 Å². The summed E-state index contributed by atoms with van der Waals surface area (Å²) in [6.07, 6.45) is 0.967. The van der Waals surface area contributed by atoms with E-state index < -0.39 is 5.97 Å². The van der Waals surface area contributed by atoms with Gasteiger partial charge in [0.15, 0.2) is 0 Å². The Labute approximate surface area is 122 Å². The lowest BCUT2D eigenvalue weighted by Gasteiger charge is -2.06. The number of hydrogen-bond donors (Lipinski definition) is 3. The Kier molecular flexibility index (Phi) is 4.37. The van der Waals surface area contributed by atoms with Gasteiger partial charge >= 0.3 is 5.97 Å². The van der Waals surface area contributed by atoms with Crippen LogP contribution in [0.25, 0.3) is 0 Å². The lowest BCUT2D eigenvalue weighted by atomic mass is 10.1. The molecule has 110 valence electrons. The van der Waals surface area contributed by atoms with E-state index in [2.05, 4.69) is 15.5 Å². The average molecular weight is 287 g/mol. The first kappa shape index (κ1) is 14.8. The molecule has 1 aromatic heterocycles. The molecule has 0 radical (unpaired) electrons. The summed E-state index contributed by atoms with van der Waals surface area (Å²) in [7, 11) is 0. The van der Waals surface area contributed by atoms with Crippen molar-refractivity contribution < 1.29 is 14.7 Å². The predicted molar refractivity (Wildman–Crippen MR) is 78.4 cm³/mol. The molecule has 0 atom stereocenters. The highest BCUT2D eigenvalue weighted by atomic mass is 16.4. The number of amides is 1. The van der Waals surface area contributed by atoms with E-state index in [1.54, 1.807) is 12.1 Å². The summed E-state index contributed by atoms with van der Waals surface area (Å²) in [6, 6.07) is 6.08. The zero-order valence-electron chi connectivity index (χ0n) is 11.9. The van der Waals surface area contributed by atoms with E-state index in [1.807, 2.05) is 13.8 Å². The summed E-state index contributed by atoms with van der Waals surface area (Å²) in [5.41, 5.74) is 3.73. The SMILES string of the molecule is Cc1n[nH]c(C)c1CCC(=O)Nc1ccc(C(=O)O)cc1. The molecule has 3 N–H and O–H groups in total. The van der Waals surface area contributed by atoms with Crippen LogP contribution in [0.4, 0.5) is 5.69 Å². The largest absolute Gasteiger partial charge is 0.478 e. The quantitative estimate of drug-likeness (QED) is 0.786. The number of hydrogen-bond acceptors (Lipinski definition) is 3. The molecule has 0 aliphatic heterocycles. The molecule has 1 heterocycles. The summed E-state index contributed by atoms with van der Waals surface area (Å²) >= 11 is 0. The topological polar surface area (TPSA) is 95.1 Å². The van der Waals surface area contributed by atoms with E-state index in [1.165, 1.54) is 12.1 Å². The number of carbonyl (C=O) groups excluding carboxylic acids is 1. The van der Waals surface area contributed by atoms with Crippen LogP contribution in [0.15, 0.2) is 24.3 Å². The number of aromatic nitrogens is 2. The molecule has 2 aromatic rings. The Morgan fingerprint density at radius 3 is 2.43 bits per heavy atom. The van der Waals surface area contributed by atoms with Crippen LogP contribution in [0.5, 0.6) is 0 Å². The van der Waals surface area contributed by atoms with Crippen molar-refractivity contribution in [2.75, 3.05) is 5.32 Å². The van der Waals surface area contributed by atoms with E-state index in [9.17, 15) is 9.59 Å². The average Bonchev–Trinajstić information content (AvgIpc) is 2.76. The molecule has 0 bridgehead atoms. The standard InChI is InChI=1S/C15H17N3O3/c1-9-13(10(2)18-17-9)7-8-14(19)16-12-5-3-11(4-6-12)15(20)21/h3-6H,7-8H2,1-2H3,(H,16,19)(H,17,18)(H,20,21). The minimum absolute atomic E-state index is 0.113. The normalized spacial score (nSPS) is 10.4. The molecule has 0 aliphatic carbocycles. The van der Waals surface area contributed by atoms with Crippen molar-refractivity contribution in [3.63, 3.8) is 0 Å². The number of nitrogens with zero attached hydrogens (tertiary/aromatic N) is 1. The zero-order chi connectivity index (χ0) is 15.4. The molecule has 6 nitrogen and oxygen atoms in total. The Morgan fingerprint density at radius 2 is 1.90 bits per heavy atom. The van der Waals surface area contributed by atoms with Crippen molar-refractivity contribution in [2.24, 2.45) is 0 Å². The van der Waals surface area contributed by atoms with Crippen LogP contribution in [0.3, 0.4) is 0 Å². The Balaban J connectivity index is 1.91. The molecule has 0 spiro atoms. The second kappa shape index (κ2) is 6.21. The number of carboxylic acids is 1. The molecule has 0 saturated heterocycles. The molecule has 1 amide bonds. The van der Waals surface area contributed by atoms with Gasteiger partial charge in [-0.3, -0.25) is 9.89 Å². The van der Waals surface area contributed by atoms with E-state index in [0.717, 1.165) is 17.0 Å². The number of nitrogens with one attached hydrogen (secondary N) is 2. The number of benzene rings is 1. The third-order valence-electron chi connectivity index (χ3n) is 3.30. The molecule has 2 rings (SSSR count). The van der Waals surface area contributed by atoms with E-state index in [-0.39, 0.29) is 11.5 Å². The van der Waals surface area contributed by atoms with Crippen molar-refractivity contribution in [2.45, 2.75) is 26.7 Å². The van der Waals surface area contributed by atoms with Crippen LogP contribution in [0.2, 0.25) is 0 Å². The van der Waals surface area contributed by atoms with Crippen LogP contribution in [-0.4, -0.2) is 27.2 Å². The van der Waals surface area contributed by atoms with Gasteiger partial charge in [0.1, 0.15) is 0 Å². The number of aryl methyl sites for hydroxylation is 2. The number of aromatic carboxylic acids is 1. The highest BCUT2D eigenvalue weighted by Crippen LogP contribution is 2.13. The number of H-pyrrole nitrogens is 1. The first-order valence-electron chi connectivity index (χ1n) is 6.61. The minimum Gasteiger partial charge on any atom is -0.478 e. The van der Waals surface area contributed by atoms with Crippen molar-refractivity contribution in [1.82, 2.24) is 10.2 Å². The number of rotatable bonds is 5. The van der Waals surface area contributed by atoms with Gasteiger partial charge < -0.3 is 10.4 Å². The van der Waals surface area contributed by atoms with Crippen LogP contribution in [-0.2, 0) is 11.2 Å². The summed E-state index contributed by atoms with van der Waals surface area (Å²) in [5, 5.41) is 18.5.